The van der Waals surface area contributed by atoms with Crippen LogP contribution in [0.5, 0.6) is 0 Å². The topological polar surface area (TPSA) is 53.6 Å². The van der Waals surface area contributed by atoms with Crippen molar-refractivity contribution < 1.29 is 9.53 Å². The predicted octanol–water partition coefficient (Wildman–Crippen LogP) is 1.69. The molecule has 1 amide bonds. The van der Waals surface area contributed by atoms with Crippen molar-refractivity contribution in [2.24, 2.45) is 0 Å². The molecule has 134 valence electrons. The number of fused-ring (bicyclic) bond motifs is 1. The lowest BCUT2D eigenvalue weighted by atomic mass is 10.1. The molecule has 0 aliphatic carbocycles. The first-order valence-corrected chi connectivity index (χ1v) is 8.34. The number of methoxy groups -OCH3 is 1. The highest BCUT2D eigenvalue weighted by Crippen LogP contribution is 2.24. The third kappa shape index (κ3) is 7.37. The van der Waals surface area contributed by atoms with Crippen molar-refractivity contribution in [2.45, 2.75) is 25.9 Å². The molecule has 5 nitrogen and oxygen atoms in total. The van der Waals surface area contributed by atoms with E-state index in [0.717, 1.165) is 19.5 Å². The molecule has 1 unspecified atom stereocenters. The molecule has 1 aromatic heterocycles. The number of thiophene rings is 1. The van der Waals surface area contributed by atoms with Crippen LogP contribution >= 0.6 is 36.2 Å². The van der Waals surface area contributed by atoms with Gasteiger partial charge in [-0.3, -0.25) is 9.69 Å². The number of nitrogens with zero attached hydrogens (tertiary/aromatic N) is 1. The van der Waals surface area contributed by atoms with Crippen LogP contribution in [0.3, 0.4) is 0 Å². The average Bonchev–Trinajstić information content (AvgIpc) is 2.96. The van der Waals surface area contributed by atoms with Crippen LogP contribution in [0.15, 0.2) is 11.4 Å². The number of amides is 1. The Bertz CT molecular complexity index is 460. The highest BCUT2D eigenvalue weighted by atomic mass is 35.5. The molecule has 1 atom stereocenters. The van der Waals surface area contributed by atoms with Gasteiger partial charge in [0.2, 0.25) is 5.91 Å². The predicted molar refractivity (Wildman–Crippen MR) is 100 cm³/mol. The van der Waals surface area contributed by atoms with Crippen molar-refractivity contribution >= 4 is 42.1 Å². The fourth-order valence-corrected chi connectivity index (χ4v) is 3.37. The summed E-state index contributed by atoms with van der Waals surface area (Å²) >= 11 is 1.86. The molecule has 8 heteroatoms. The molecule has 23 heavy (non-hydrogen) atoms. The van der Waals surface area contributed by atoms with E-state index in [1.165, 1.54) is 10.4 Å². The Morgan fingerprint density at radius 1 is 1.48 bits per heavy atom. The van der Waals surface area contributed by atoms with Gasteiger partial charge in [-0.2, -0.15) is 0 Å². The van der Waals surface area contributed by atoms with Crippen LogP contribution in [0.25, 0.3) is 0 Å². The fourth-order valence-electron chi connectivity index (χ4n) is 2.48. The average molecular weight is 384 g/mol. The zero-order valence-electron chi connectivity index (χ0n) is 13.7. The number of hydrogen-bond donors (Lipinski definition) is 2. The molecule has 0 radical (unpaired) electrons. The Labute approximate surface area is 155 Å². The molecule has 2 rings (SSSR count). The van der Waals surface area contributed by atoms with Crippen molar-refractivity contribution in [1.29, 1.82) is 0 Å². The lowest BCUT2D eigenvalue weighted by Gasteiger charge is -2.32. The van der Waals surface area contributed by atoms with E-state index in [1.807, 2.05) is 11.3 Å². The van der Waals surface area contributed by atoms with Gasteiger partial charge in [-0.1, -0.05) is 0 Å². The Hall–Kier alpha value is -0.370. The van der Waals surface area contributed by atoms with Gasteiger partial charge < -0.3 is 15.4 Å². The minimum absolute atomic E-state index is 0. The summed E-state index contributed by atoms with van der Waals surface area (Å²) in [7, 11) is 1.65. The summed E-state index contributed by atoms with van der Waals surface area (Å²) in [6, 6.07) is 2.58. The standard InChI is InChI=1S/C15H25N3O2S.2ClH/c1-12(9-17-15(19)10-16-5-7-20-2)18-6-3-14-13(11-18)4-8-21-14;;/h4,8,12,16H,3,5-7,9-11H2,1-2H3,(H,17,19);2*1H. The zero-order valence-corrected chi connectivity index (χ0v) is 16.1. The van der Waals surface area contributed by atoms with Gasteiger partial charge in [0, 0.05) is 44.2 Å². The number of carbonyl (C=O) groups is 1. The highest BCUT2D eigenvalue weighted by molar-refractivity contribution is 7.10. The first kappa shape index (κ1) is 22.6. The van der Waals surface area contributed by atoms with E-state index in [-0.39, 0.29) is 30.7 Å². The van der Waals surface area contributed by atoms with Crippen molar-refractivity contribution in [3.05, 3.63) is 21.9 Å². The molecule has 0 fully saturated rings. The number of hydrogen-bond acceptors (Lipinski definition) is 5. The molecule has 0 saturated heterocycles. The molecule has 2 N–H and O–H groups in total. The van der Waals surface area contributed by atoms with Gasteiger partial charge in [-0.05, 0) is 30.4 Å². The van der Waals surface area contributed by atoms with E-state index in [4.69, 9.17) is 4.74 Å². The molecular weight excluding hydrogens is 357 g/mol. The van der Waals surface area contributed by atoms with E-state index in [0.29, 0.717) is 32.3 Å². The summed E-state index contributed by atoms with van der Waals surface area (Å²) in [6.07, 6.45) is 1.13. The molecular formula is C15H27Cl2N3O2S. The summed E-state index contributed by atoms with van der Waals surface area (Å²) in [5.74, 6) is 0.0474. The fraction of sp³-hybridized carbons (Fsp3) is 0.667. The highest BCUT2D eigenvalue weighted by Gasteiger charge is 2.21. The minimum Gasteiger partial charge on any atom is -0.383 e. The molecule has 1 aliphatic heterocycles. The number of carbonyl (C=O) groups excluding carboxylic acids is 1. The molecule has 1 aliphatic rings. The largest absolute Gasteiger partial charge is 0.383 e. The van der Waals surface area contributed by atoms with Gasteiger partial charge in [0.1, 0.15) is 0 Å². The van der Waals surface area contributed by atoms with Crippen molar-refractivity contribution in [3.8, 4) is 0 Å². The summed E-state index contributed by atoms with van der Waals surface area (Å²) < 4.78 is 4.92. The number of halogens is 2. The molecule has 1 aromatic rings. The maximum absolute atomic E-state index is 11.7. The van der Waals surface area contributed by atoms with E-state index in [9.17, 15) is 4.79 Å². The minimum atomic E-state index is 0. The molecule has 0 spiro atoms. The lowest BCUT2D eigenvalue weighted by molar-refractivity contribution is -0.120. The molecule has 0 saturated carbocycles. The van der Waals surface area contributed by atoms with Crippen LogP contribution in [0.2, 0.25) is 0 Å². The first-order chi connectivity index (χ1) is 10.2. The summed E-state index contributed by atoms with van der Waals surface area (Å²) in [6.45, 7) is 6.64. The second-order valence-electron chi connectivity index (χ2n) is 5.41. The normalized spacial score (nSPS) is 15.0. The van der Waals surface area contributed by atoms with Gasteiger partial charge in [0.05, 0.1) is 13.2 Å². The van der Waals surface area contributed by atoms with Crippen molar-refractivity contribution in [2.75, 3.05) is 39.9 Å². The summed E-state index contributed by atoms with van der Waals surface area (Å²) in [4.78, 5) is 15.7. The smallest absolute Gasteiger partial charge is 0.234 e. The molecule has 0 bridgehead atoms. The van der Waals surface area contributed by atoms with Crippen LogP contribution in [0.1, 0.15) is 17.4 Å². The van der Waals surface area contributed by atoms with Crippen LogP contribution in [-0.2, 0) is 22.5 Å². The van der Waals surface area contributed by atoms with E-state index < -0.39 is 0 Å². The van der Waals surface area contributed by atoms with E-state index >= 15 is 0 Å². The van der Waals surface area contributed by atoms with Crippen LogP contribution < -0.4 is 10.6 Å². The molecule has 0 aromatic carbocycles. The third-order valence-corrected chi connectivity index (χ3v) is 4.85. The second-order valence-corrected chi connectivity index (χ2v) is 6.41. The zero-order chi connectivity index (χ0) is 15.1. The Kier molecular flexibility index (Phi) is 11.9. The number of rotatable bonds is 8. The lowest BCUT2D eigenvalue weighted by Crippen LogP contribution is -2.45. The van der Waals surface area contributed by atoms with Gasteiger partial charge in [-0.15, -0.1) is 36.2 Å². The van der Waals surface area contributed by atoms with E-state index in [2.05, 4.69) is 33.9 Å². The maximum atomic E-state index is 11.7. The van der Waals surface area contributed by atoms with Gasteiger partial charge in [0.25, 0.3) is 0 Å². The van der Waals surface area contributed by atoms with Crippen LogP contribution in [0.4, 0.5) is 0 Å². The second kappa shape index (κ2) is 12.1. The number of ether oxygens (including phenoxy) is 1. The Balaban J connectivity index is 0.00000242. The third-order valence-electron chi connectivity index (χ3n) is 3.82. The Morgan fingerprint density at radius 2 is 2.26 bits per heavy atom. The van der Waals surface area contributed by atoms with Crippen LogP contribution in [-0.4, -0.2) is 56.7 Å². The monoisotopic (exact) mass is 383 g/mol. The van der Waals surface area contributed by atoms with Crippen molar-refractivity contribution in [3.63, 3.8) is 0 Å². The first-order valence-electron chi connectivity index (χ1n) is 7.46. The molecule has 2 heterocycles. The summed E-state index contributed by atoms with van der Waals surface area (Å²) in [5, 5.41) is 8.22. The van der Waals surface area contributed by atoms with Gasteiger partial charge in [-0.25, -0.2) is 0 Å². The SMILES string of the molecule is COCCNCC(=O)NCC(C)N1CCc2sccc2C1.Cl.Cl. The Morgan fingerprint density at radius 3 is 3.00 bits per heavy atom. The number of nitrogens with one attached hydrogen (secondary N) is 2. The van der Waals surface area contributed by atoms with Gasteiger partial charge in [0.15, 0.2) is 0 Å². The van der Waals surface area contributed by atoms with E-state index in [1.54, 1.807) is 7.11 Å². The quantitative estimate of drug-likeness (QED) is 0.670. The van der Waals surface area contributed by atoms with Crippen LogP contribution in [0, 0.1) is 0 Å². The van der Waals surface area contributed by atoms with Crippen molar-refractivity contribution in [1.82, 2.24) is 15.5 Å². The summed E-state index contributed by atoms with van der Waals surface area (Å²) in [5.41, 5.74) is 1.45. The van der Waals surface area contributed by atoms with Gasteiger partial charge >= 0.3 is 0 Å². The maximum Gasteiger partial charge on any atom is 0.234 e.